The molecule has 0 aliphatic carbocycles. The van der Waals surface area contributed by atoms with Crippen molar-refractivity contribution in [3.63, 3.8) is 0 Å². The molecular weight excluding hydrogens is 308 g/mol. The molecule has 1 aromatic rings. The molecule has 5 heteroatoms. The summed E-state index contributed by atoms with van der Waals surface area (Å²) in [6.45, 7) is 7.03. The molecule has 0 unspecified atom stereocenters. The zero-order valence-electron chi connectivity index (χ0n) is 11.3. The Bertz CT molecular complexity index is 434. The van der Waals surface area contributed by atoms with E-state index in [0.29, 0.717) is 0 Å². The van der Waals surface area contributed by atoms with Crippen molar-refractivity contribution in [2.45, 2.75) is 18.2 Å². The van der Waals surface area contributed by atoms with Crippen LogP contribution in [0.3, 0.4) is 0 Å². The number of alkyl halides is 1. The molecule has 0 radical (unpaired) electrons. The molecule has 0 aromatic heterocycles. The fourth-order valence-electron chi connectivity index (χ4n) is 1.86. The molecule has 1 aliphatic rings. The highest BCUT2D eigenvalue weighted by Gasteiger charge is 2.23. The number of carbonyl (C=O) groups is 1. The van der Waals surface area contributed by atoms with E-state index < -0.39 is 4.32 Å². The summed E-state index contributed by atoms with van der Waals surface area (Å²) in [7, 11) is 0. The number of benzene rings is 1. The molecule has 0 bridgehead atoms. The Hall–Kier alpha value is -1.07. The van der Waals surface area contributed by atoms with E-state index in [0.717, 1.165) is 32.0 Å². The third kappa shape index (κ3) is 3.94. The Morgan fingerprint density at radius 1 is 1.26 bits per heavy atom. The minimum absolute atomic E-state index is 0.0494. The molecule has 104 valence electrons. The third-order valence-electron chi connectivity index (χ3n) is 3.04. The highest BCUT2D eigenvalue weighted by molar-refractivity contribution is 9.10. The molecule has 4 nitrogen and oxygen atoms in total. The minimum Gasteiger partial charge on any atom is -0.378 e. The molecule has 1 heterocycles. The lowest BCUT2D eigenvalue weighted by Crippen LogP contribution is -2.36. The van der Waals surface area contributed by atoms with Gasteiger partial charge in [-0.25, -0.2) is 0 Å². The Morgan fingerprint density at radius 2 is 1.84 bits per heavy atom. The first-order valence-corrected chi connectivity index (χ1v) is 7.19. The fraction of sp³-hybridized carbons (Fsp3) is 0.500. The first kappa shape index (κ1) is 14.3. The van der Waals surface area contributed by atoms with E-state index in [9.17, 15) is 4.79 Å². The van der Waals surface area contributed by atoms with Gasteiger partial charge in [-0.1, -0.05) is 15.9 Å². The Balaban J connectivity index is 2.00. The lowest BCUT2D eigenvalue weighted by atomic mass is 10.2. The Kier molecular flexibility index (Phi) is 4.47. The van der Waals surface area contributed by atoms with E-state index in [1.54, 1.807) is 0 Å². The van der Waals surface area contributed by atoms with E-state index >= 15 is 0 Å². The molecule has 0 spiro atoms. The van der Waals surface area contributed by atoms with Gasteiger partial charge < -0.3 is 15.0 Å². The maximum atomic E-state index is 11.8. The van der Waals surface area contributed by atoms with Crippen LogP contribution in [0.15, 0.2) is 24.3 Å². The fourth-order valence-corrected chi connectivity index (χ4v) is 1.96. The van der Waals surface area contributed by atoms with E-state index in [-0.39, 0.29) is 5.91 Å². The number of hydrogen-bond acceptors (Lipinski definition) is 3. The number of morpholine rings is 1. The largest absolute Gasteiger partial charge is 0.378 e. The molecular formula is C14H19BrN2O2. The summed E-state index contributed by atoms with van der Waals surface area (Å²) in [4.78, 5) is 14.1. The smallest absolute Gasteiger partial charge is 0.240 e. The first-order valence-electron chi connectivity index (χ1n) is 6.40. The van der Waals surface area contributed by atoms with Crippen molar-refractivity contribution in [2.24, 2.45) is 0 Å². The predicted octanol–water partition coefficient (Wildman–Crippen LogP) is 2.64. The van der Waals surface area contributed by atoms with Crippen LogP contribution in [0.4, 0.5) is 11.4 Å². The van der Waals surface area contributed by atoms with Gasteiger partial charge in [0.15, 0.2) is 0 Å². The maximum absolute atomic E-state index is 11.8. The zero-order chi connectivity index (χ0) is 13.9. The van der Waals surface area contributed by atoms with Crippen molar-refractivity contribution in [1.82, 2.24) is 0 Å². The van der Waals surface area contributed by atoms with Crippen LogP contribution in [0.25, 0.3) is 0 Å². The molecule has 0 saturated carbocycles. The summed E-state index contributed by atoms with van der Waals surface area (Å²) in [6, 6.07) is 7.92. The molecule has 2 rings (SSSR count). The van der Waals surface area contributed by atoms with Crippen LogP contribution in [0.2, 0.25) is 0 Å². The quantitative estimate of drug-likeness (QED) is 0.868. The topological polar surface area (TPSA) is 41.6 Å². The summed E-state index contributed by atoms with van der Waals surface area (Å²) in [6.07, 6.45) is 0. The number of nitrogens with one attached hydrogen (secondary N) is 1. The van der Waals surface area contributed by atoms with Gasteiger partial charge in [0.05, 0.1) is 17.5 Å². The molecule has 1 aliphatic heterocycles. The second-order valence-electron chi connectivity index (χ2n) is 5.07. The summed E-state index contributed by atoms with van der Waals surface area (Å²) >= 11 is 3.34. The van der Waals surface area contributed by atoms with Crippen LogP contribution >= 0.6 is 15.9 Å². The number of hydrogen-bond donors (Lipinski definition) is 1. The molecule has 19 heavy (non-hydrogen) atoms. The van der Waals surface area contributed by atoms with Crippen molar-refractivity contribution < 1.29 is 9.53 Å². The van der Waals surface area contributed by atoms with E-state index in [1.807, 2.05) is 38.1 Å². The highest BCUT2D eigenvalue weighted by Crippen LogP contribution is 2.22. The van der Waals surface area contributed by atoms with Gasteiger partial charge in [-0.2, -0.15) is 0 Å². The van der Waals surface area contributed by atoms with Gasteiger partial charge in [-0.05, 0) is 38.1 Å². The standard InChI is InChI=1S/C14H19BrN2O2/c1-14(2,15)13(18)16-11-3-5-12(6-4-11)17-7-9-19-10-8-17/h3-6H,7-10H2,1-2H3,(H,16,18). The summed E-state index contributed by atoms with van der Waals surface area (Å²) in [5, 5.41) is 2.88. The van der Waals surface area contributed by atoms with Crippen molar-refractivity contribution in [2.75, 3.05) is 36.5 Å². The molecule has 1 amide bonds. The van der Waals surface area contributed by atoms with Gasteiger partial charge in [0.1, 0.15) is 0 Å². The normalized spacial score (nSPS) is 16.3. The SMILES string of the molecule is CC(C)(Br)C(=O)Nc1ccc(N2CCOCC2)cc1. The van der Waals surface area contributed by atoms with Gasteiger partial charge >= 0.3 is 0 Å². The van der Waals surface area contributed by atoms with Gasteiger partial charge in [-0.15, -0.1) is 0 Å². The van der Waals surface area contributed by atoms with E-state index in [2.05, 4.69) is 26.1 Å². The van der Waals surface area contributed by atoms with Crippen LogP contribution in [0.5, 0.6) is 0 Å². The molecule has 0 atom stereocenters. The van der Waals surface area contributed by atoms with Crippen LogP contribution in [0, 0.1) is 0 Å². The number of amides is 1. The maximum Gasteiger partial charge on any atom is 0.240 e. The molecule has 1 N–H and O–H groups in total. The van der Waals surface area contributed by atoms with Gasteiger partial charge in [0, 0.05) is 24.5 Å². The van der Waals surface area contributed by atoms with Gasteiger partial charge in [-0.3, -0.25) is 4.79 Å². The second-order valence-corrected chi connectivity index (χ2v) is 7.06. The molecule has 1 saturated heterocycles. The molecule has 1 fully saturated rings. The second kappa shape index (κ2) is 5.92. The number of carbonyl (C=O) groups excluding carboxylic acids is 1. The van der Waals surface area contributed by atoms with Crippen molar-refractivity contribution >= 4 is 33.2 Å². The summed E-state index contributed by atoms with van der Waals surface area (Å²) in [5.41, 5.74) is 1.98. The van der Waals surface area contributed by atoms with Crippen LogP contribution < -0.4 is 10.2 Å². The summed E-state index contributed by atoms with van der Waals surface area (Å²) in [5.74, 6) is -0.0494. The Morgan fingerprint density at radius 3 is 2.37 bits per heavy atom. The van der Waals surface area contributed by atoms with Crippen molar-refractivity contribution in [3.8, 4) is 0 Å². The number of ether oxygens (including phenoxy) is 1. The van der Waals surface area contributed by atoms with Crippen molar-refractivity contribution in [3.05, 3.63) is 24.3 Å². The average molecular weight is 327 g/mol. The molecule has 1 aromatic carbocycles. The number of anilines is 2. The Labute approximate surface area is 122 Å². The zero-order valence-corrected chi connectivity index (χ0v) is 12.9. The van der Waals surface area contributed by atoms with E-state index in [1.165, 1.54) is 5.69 Å². The highest BCUT2D eigenvalue weighted by atomic mass is 79.9. The lowest BCUT2D eigenvalue weighted by Gasteiger charge is -2.29. The monoisotopic (exact) mass is 326 g/mol. The van der Waals surface area contributed by atoms with Gasteiger partial charge in [0.2, 0.25) is 5.91 Å². The summed E-state index contributed by atoms with van der Waals surface area (Å²) < 4.78 is 4.77. The average Bonchev–Trinajstić information content (AvgIpc) is 2.39. The van der Waals surface area contributed by atoms with E-state index in [4.69, 9.17) is 4.74 Å². The minimum atomic E-state index is -0.560. The predicted molar refractivity (Wildman–Crippen MR) is 81.1 cm³/mol. The number of nitrogens with zero attached hydrogens (tertiary/aromatic N) is 1. The number of halogens is 1. The van der Waals surface area contributed by atoms with Crippen LogP contribution in [-0.2, 0) is 9.53 Å². The lowest BCUT2D eigenvalue weighted by molar-refractivity contribution is -0.117. The first-order chi connectivity index (χ1) is 8.97. The van der Waals surface area contributed by atoms with Crippen molar-refractivity contribution in [1.29, 1.82) is 0 Å². The van der Waals surface area contributed by atoms with Crippen LogP contribution in [0.1, 0.15) is 13.8 Å². The third-order valence-corrected chi connectivity index (χ3v) is 3.40. The number of rotatable bonds is 3. The van der Waals surface area contributed by atoms with Gasteiger partial charge in [0.25, 0.3) is 0 Å². The van der Waals surface area contributed by atoms with Crippen LogP contribution in [-0.4, -0.2) is 36.5 Å².